The Balaban J connectivity index is 1.37. The summed E-state index contributed by atoms with van der Waals surface area (Å²) in [6.45, 7) is 2.42. The van der Waals surface area contributed by atoms with Gasteiger partial charge >= 0.3 is 0 Å². The molecule has 0 fully saturated rings. The minimum Gasteiger partial charge on any atom is -0.319 e. The molecule has 5 aromatic rings. The van der Waals surface area contributed by atoms with Gasteiger partial charge in [0.2, 0.25) is 0 Å². The van der Waals surface area contributed by atoms with Crippen molar-refractivity contribution in [2.24, 2.45) is 0 Å². The van der Waals surface area contributed by atoms with Gasteiger partial charge in [0.15, 0.2) is 5.65 Å². The SMILES string of the molecule is Cc1ccc(-c2ccnc3c(C(=O)Nc4cnn(Cc5cccc(F)c5)c4)cnn23)cc1. The van der Waals surface area contributed by atoms with Crippen molar-refractivity contribution >= 4 is 17.2 Å². The lowest BCUT2D eigenvalue weighted by Crippen LogP contribution is -2.11. The summed E-state index contributed by atoms with van der Waals surface area (Å²) in [7, 11) is 0. The average molecular weight is 426 g/mol. The smallest absolute Gasteiger partial charge is 0.261 e. The summed E-state index contributed by atoms with van der Waals surface area (Å²) >= 11 is 0. The van der Waals surface area contributed by atoms with Crippen LogP contribution >= 0.6 is 0 Å². The number of halogens is 1. The first-order chi connectivity index (χ1) is 15.6. The van der Waals surface area contributed by atoms with Crippen LogP contribution in [0.4, 0.5) is 10.1 Å². The standard InChI is InChI=1S/C24H19FN6O/c1-16-5-7-18(8-6-16)22-9-10-26-23-21(13-28-31(22)23)24(32)29-20-12-27-30(15-20)14-17-3-2-4-19(25)11-17/h2-13,15H,14H2,1H3,(H,29,32). The highest BCUT2D eigenvalue weighted by atomic mass is 19.1. The fourth-order valence-corrected chi connectivity index (χ4v) is 3.53. The predicted octanol–water partition coefficient (Wildman–Crippen LogP) is 4.34. The van der Waals surface area contributed by atoms with Gasteiger partial charge < -0.3 is 5.32 Å². The summed E-state index contributed by atoms with van der Waals surface area (Å²) in [5, 5.41) is 11.5. The Hall–Kier alpha value is -4.33. The normalized spacial score (nSPS) is 11.1. The van der Waals surface area contributed by atoms with E-state index in [0.717, 1.165) is 22.4 Å². The van der Waals surface area contributed by atoms with Crippen LogP contribution in [0, 0.1) is 12.7 Å². The highest BCUT2D eigenvalue weighted by Gasteiger charge is 2.17. The van der Waals surface area contributed by atoms with Gasteiger partial charge in [0.25, 0.3) is 5.91 Å². The summed E-state index contributed by atoms with van der Waals surface area (Å²) in [5.41, 5.74) is 5.12. The third-order valence-corrected chi connectivity index (χ3v) is 5.12. The van der Waals surface area contributed by atoms with Crippen LogP contribution in [0.2, 0.25) is 0 Å². The predicted molar refractivity (Wildman–Crippen MR) is 119 cm³/mol. The summed E-state index contributed by atoms with van der Waals surface area (Å²) in [4.78, 5) is 17.3. The van der Waals surface area contributed by atoms with Crippen molar-refractivity contribution < 1.29 is 9.18 Å². The number of benzene rings is 2. The number of anilines is 1. The number of fused-ring (bicyclic) bond motifs is 1. The summed E-state index contributed by atoms with van der Waals surface area (Å²) in [6, 6.07) is 16.3. The molecule has 1 amide bonds. The molecule has 32 heavy (non-hydrogen) atoms. The van der Waals surface area contributed by atoms with Crippen molar-refractivity contribution in [3.05, 3.63) is 102 Å². The van der Waals surface area contributed by atoms with Gasteiger partial charge in [-0.25, -0.2) is 13.9 Å². The molecule has 158 valence electrons. The maximum Gasteiger partial charge on any atom is 0.261 e. The largest absolute Gasteiger partial charge is 0.319 e. The molecule has 0 unspecified atom stereocenters. The third-order valence-electron chi connectivity index (χ3n) is 5.12. The van der Waals surface area contributed by atoms with Crippen molar-refractivity contribution in [2.45, 2.75) is 13.5 Å². The number of carbonyl (C=O) groups is 1. The van der Waals surface area contributed by atoms with E-state index in [-0.39, 0.29) is 11.7 Å². The van der Waals surface area contributed by atoms with E-state index in [1.165, 1.54) is 18.3 Å². The molecule has 8 heteroatoms. The van der Waals surface area contributed by atoms with Gasteiger partial charge in [-0.05, 0) is 30.7 Å². The monoisotopic (exact) mass is 426 g/mol. The molecule has 0 spiro atoms. The van der Waals surface area contributed by atoms with Crippen molar-refractivity contribution in [2.75, 3.05) is 5.32 Å². The lowest BCUT2D eigenvalue weighted by Gasteiger charge is -2.06. The maximum absolute atomic E-state index is 13.4. The minimum atomic E-state index is -0.334. The molecule has 0 saturated heterocycles. The van der Waals surface area contributed by atoms with E-state index in [1.807, 2.05) is 43.3 Å². The molecule has 2 aromatic carbocycles. The molecule has 0 atom stereocenters. The van der Waals surface area contributed by atoms with Crippen LogP contribution in [-0.2, 0) is 6.54 Å². The molecule has 0 bridgehead atoms. The number of carbonyl (C=O) groups excluding carboxylic acids is 1. The quantitative estimate of drug-likeness (QED) is 0.454. The van der Waals surface area contributed by atoms with Gasteiger partial charge in [-0.1, -0.05) is 42.0 Å². The molecule has 5 rings (SSSR count). The van der Waals surface area contributed by atoms with Gasteiger partial charge in [0.1, 0.15) is 11.4 Å². The first kappa shape index (κ1) is 19.6. The average Bonchev–Trinajstić information content (AvgIpc) is 3.41. The number of nitrogens with one attached hydrogen (secondary N) is 1. The lowest BCUT2D eigenvalue weighted by molar-refractivity contribution is 0.102. The summed E-state index contributed by atoms with van der Waals surface area (Å²) < 4.78 is 16.7. The molecule has 3 aromatic heterocycles. The van der Waals surface area contributed by atoms with Gasteiger partial charge in [-0.15, -0.1) is 0 Å². The number of aromatic nitrogens is 5. The second kappa shape index (κ2) is 8.07. The molecular formula is C24H19FN6O. The zero-order valence-corrected chi connectivity index (χ0v) is 17.2. The molecule has 0 saturated carbocycles. The second-order valence-electron chi connectivity index (χ2n) is 7.50. The van der Waals surface area contributed by atoms with Crippen molar-refractivity contribution in [3.8, 4) is 11.3 Å². The maximum atomic E-state index is 13.4. The summed E-state index contributed by atoms with van der Waals surface area (Å²) in [5.74, 6) is -0.632. The van der Waals surface area contributed by atoms with Crippen LogP contribution in [0.3, 0.4) is 0 Å². The number of rotatable bonds is 5. The Bertz CT molecular complexity index is 1420. The van der Waals surface area contributed by atoms with Gasteiger partial charge in [0, 0.05) is 18.0 Å². The van der Waals surface area contributed by atoms with Gasteiger partial charge in [0.05, 0.1) is 30.3 Å². The van der Waals surface area contributed by atoms with Crippen LogP contribution < -0.4 is 5.32 Å². The Kier molecular flexibility index (Phi) is 4.95. The molecule has 7 nitrogen and oxygen atoms in total. The molecule has 0 radical (unpaired) electrons. The fraction of sp³-hybridized carbons (Fsp3) is 0.0833. The molecular weight excluding hydrogens is 407 g/mol. The van der Waals surface area contributed by atoms with Crippen LogP contribution in [0.1, 0.15) is 21.5 Å². The topological polar surface area (TPSA) is 77.1 Å². The van der Waals surface area contributed by atoms with E-state index in [4.69, 9.17) is 0 Å². The second-order valence-corrected chi connectivity index (χ2v) is 7.50. The number of hydrogen-bond donors (Lipinski definition) is 1. The van der Waals surface area contributed by atoms with E-state index in [2.05, 4.69) is 20.5 Å². The van der Waals surface area contributed by atoms with Crippen LogP contribution in [0.5, 0.6) is 0 Å². The number of amides is 1. The highest BCUT2D eigenvalue weighted by molar-refractivity contribution is 6.08. The van der Waals surface area contributed by atoms with E-state index in [9.17, 15) is 9.18 Å². The van der Waals surface area contributed by atoms with Crippen molar-refractivity contribution in [3.63, 3.8) is 0 Å². The third kappa shape index (κ3) is 3.85. The fourth-order valence-electron chi connectivity index (χ4n) is 3.53. The highest BCUT2D eigenvalue weighted by Crippen LogP contribution is 2.22. The first-order valence-electron chi connectivity index (χ1n) is 10.0. The van der Waals surface area contributed by atoms with Gasteiger partial charge in [-0.2, -0.15) is 10.2 Å². The molecule has 1 N–H and O–H groups in total. The van der Waals surface area contributed by atoms with Crippen LogP contribution in [0.15, 0.2) is 79.4 Å². The Labute approximate surface area is 183 Å². The molecule has 0 aliphatic rings. The Morgan fingerprint density at radius 2 is 1.91 bits per heavy atom. The van der Waals surface area contributed by atoms with Gasteiger partial charge in [-0.3, -0.25) is 9.48 Å². The van der Waals surface area contributed by atoms with Crippen LogP contribution in [-0.4, -0.2) is 30.3 Å². The van der Waals surface area contributed by atoms with E-state index in [0.29, 0.717) is 23.4 Å². The number of nitrogens with zero attached hydrogens (tertiary/aromatic N) is 5. The Morgan fingerprint density at radius 1 is 1.06 bits per heavy atom. The van der Waals surface area contributed by atoms with Crippen LogP contribution in [0.25, 0.3) is 16.9 Å². The molecule has 0 aliphatic heterocycles. The molecule has 0 aliphatic carbocycles. The minimum absolute atomic E-state index is 0.297. The molecule has 3 heterocycles. The zero-order chi connectivity index (χ0) is 22.1. The van der Waals surface area contributed by atoms with E-state index < -0.39 is 0 Å². The zero-order valence-electron chi connectivity index (χ0n) is 17.2. The number of hydrogen-bond acceptors (Lipinski definition) is 4. The number of aryl methyl sites for hydroxylation is 1. The Morgan fingerprint density at radius 3 is 2.72 bits per heavy atom. The van der Waals surface area contributed by atoms with E-state index in [1.54, 1.807) is 33.9 Å². The summed E-state index contributed by atoms with van der Waals surface area (Å²) in [6.07, 6.45) is 6.42. The first-order valence-corrected chi connectivity index (χ1v) is 10.0. The van der Waals surface area contributed by atoms with Crippen molar-refractivity contribution in [1.29, 1.82) is 0 Å². The van der Waals surface area contributed by atoms with Crippen molar-refractivity contribution in [1.82, 2.24) is 24.4 Å². The van der Waals surface area contributed by atoms with E-state index >= 15 is 0 Å². The lowest BCUT2D eigenvalue weighted by atomic mass is 10.1.